The molecule has 70 valence electrons. The maximum absolute atomic E-state index is 5.68. The molecule has 0 aliphatic heterocycles. The van der Waals surface area contributed by atoms with Crippen LogP contribution in [0.3, 0.4) is 0 Å². The largest absolute Gasteiger partial charge is 0.261 e. The zero-order valence-corrected chi connectivity index (χ0v) is 7.99. The first kappa shape index (κ1) is 8.90. The monoisotopic (exact) mass is 206 g/mol. The van der Waals surface area contributed by atoms with Gasteiger partial charge in [0.15, 0.2) is 5.82 Å². The summed E-state index contributed by atoms with van der Waals surface area (Å²) in [6.07, 6.45) is 3.34. The normalized spacial score (nSPS) is 10.1. The maximum Gasteiger partial charge on any atom is 0.155 e. The average Bonchev–Trinajstić information content (AvgIpc) is 2.67. The minimum absolute atomic E-state index is 0.463. The maximum atomic E-state index is 5.68. The summed E-state index contributed by atoms with van der Waals surface area (Å²) in [5, 5.41) is 7.06. The molecule has 0 saturated heterocycles. The standard InChI is InChI=1S/C9H7ClN4/c1-11-9-7(5-13-14-9)6-2-3-8(10)12-4-6/h2-5H,1H2,(H,13,14). The van der Waals surface area contributed by atoms with Crippen molar-refractivity contribution in [2.24, 2.45) is 4.99 Å². The number of hydrogen-bond donors (Lipinski definition) is 1. The van der Waals surface area contributed by atoms with E-state index in [1.54, 1.807) is 18.5 Å². The molecule has 0 aliphatic rings. The second kappa shape index (κ2) is 3.59. The van der Waals surface area contributed by atoms with Gasteiger partial charge in [0.1, 0.15) is 5.15 Å². The Bertz CT molecular complexity index is 446. The van der Waals surface area contributed by atoms with Crippen LogP contribution >= 0.6 is 11.6 Å². The van der Waals surface area contributed by atoms with Crippen LogP contribution in [-0.2, 0) is 0 Å². The van der Waals surface area contributed by atoms with Crippen LogP contribution in [0.2, 0.25) is 5.15 Å². The van der Waals surface area contributed by atoms with Crippen LogP contribution < -0.4 is 0 Å². The molecule has 5 heteroatoms. The second-order valence-corrected chi connectivity index (χ2v) is 3.05. The third-order valence-corrected chi connectivity index (χ3v) is 2.04. The second-order valence-electron chi connectivity index (χ2n) is 2.66. The minimum Gasteiger partial charge on any atom is -0.261 e. The molecule has 2 aromatic heterocycles. The van der Waals surface area contributed by atoms with E-state index in [-0.39, 0.29) is 0 Å². The van der Waals surface area contributed by atoms with Crippen LogP contribution in [0, 0.1) is 0 Å². The van der Waals surface area contributed by atoms with Crippen LogP contribution in [0.5, 0.6) is 0 Å². The molecule has 2 rings (SSSR count). The van der Waals surface area contributed by atoms with Crippen molar-refractivity contribution < 1.29 is 0 Å². The van der Waals surface area contributed by atoms with Gasteiger partial charge in [-0.3, -0.25) is 5.10 Å². The fourth-order valence-corrected chi connectivity index (χ4v) is 1.26. The van der Waals surface area contributed by atoms with Crippen molar-refractivity contribution in [1.82, 2.24) is 15.2 Å². The van der Waals surface area contributed by atoms with Crippen molar-refractivity contribution in [3.8, 4) is 11.1 Å². The molecular weight excluding hydrogens is 200 g/mol. The van der Waals surface area contributed by atoms with E-state index < -0.39 is 0 Å². The predicted molar refractivity (Wildman–Crippen MR) is 56.0 cm³/mol. The summed E-state index contributed by atoms with van der Waals surface area (Å²) in [5.41, 5.74) is 1.77. The third-order valence-electron chi connectivity index (χ3n) is 1.82. The zero-order valence-electron chi connectivity index (χ0n) is 7.24. The summed E-state index contributed by atoms with van der Waals surface area (Å²) in [5.74, 6) is 0.633. The molecule has 0 aromatic carbocycles. The highest BCUT2D eigenvalue weighted by atomic mass is 35.5. The van der Waals surface area contributed by atoms with E-state index in [0.29, 0.717) is 11.0 Å². The van der Waals surface area contributed by atoms with E-state index in [4.69, 9.17) is 11.6 Å². The summed E-state index contributed by atoms with van der Waals surface area (Å²) < 4.78 is 0. The quantitative estimate of drug-likeness (QED) is 0.606. The van der Waals surface area contributed by atoms with Crippen LogP contribution in [0.15, 0.2) is 29.5 Å². The molecule has 2 aromatic rings. The topological polar surface area (TPSA) is 53.9 Å². The van der Waals surface area contributed by atoms with Crippen molar-refractivity contribution in [2.45, 2.75) is 0 Å². The molecule has 0 bridgehead atoms. The number of halogens is 1. The molecule has 14 heavy (non-hydrogen) atoms. The number of hydrogen-bond acceptors (Lipinski definition) is 3. The van der Waals surface area contributed by atoms with E-state index in [0.717, 1.165) is 11.1 Å². The van der Waals surface area contributed by atoms with Crippen LogP contribution in [-0.4, -0.2) is 21.9 Å². The molecule has 0 amide bonds. The van der Waals surface area contributed by atoms with E-state index in [1.807, 2.05) is 6.07 Å². The molecule has 1 N–H and O–H groups in total. The van der Waals surface area contributed by atoms with Gasteiger partial charge in [-0.2, -0.15) is 5.10 Å². The lowest BCUT2D eigenvalue weighted by atomic mass is 10.1. The first-order valence-corrected chi connectivity index (χ1v) is 4.31. The van der Waals surface area contributed by atoms with Gasteiger partial charge in [-0.15, -0.1) is 0 Å². The van der Waals surface area contributed by atoms with E-state index >= 15 is 0 Å². The molecule has 2 heterocycles. The van der Waals surface area contributed by atoms with Crippen molar-refractivity contribution in [3.05, 3.63) is 29.7 Å². The molecule has 0 spiro atoms. The summed E-state index contributed by atoms with van der Waals surface area (Å²) in [7, 11) is 0. The number of rotatable bonds is 2. The predicted octanol–water partition coefficient (Wildman–Crippen LogP) is 2.46. The molecule has 0 fully saturated rings. The van der Waals surface area contributed by atoms with Gasteiger partial charge in [-0.25, -0.2) is 9.98 Å². The van der Waals surface area contributed by atoms with Crippen molar-refractivity contribution in [1.29, 1.82) is 0 Å². The molecule has 0 aliphatic carbocycles. The molecule has 0 unspecified atom stereocenters. The summed E-state index contributed by atoms with van der Waals surface area (Å²) >= 11 is 5.68. The number of aromatic nitrogens is 3. The number of nitrogens with one attached hydrogen (secondary N) is 1. The van der Waals surface area contributed by atoms with E-state index in [1.165, 1.54) is 0 Å². The lowest BCUT2D eigenvalue weighted by molar-refractivity contribution is 1.08. The third kappa shape index (κ3) is 1.52. The summed E-state index contributed by atoms with van der Waals surface area (Å²) in [4.78, 5) is 7.77. The lowest BCUT2D eigenvalue weighted by Gasteiger charge is -1.97. The number of aliphatic imine (C=N–C) groups is 1. The zero-order chi connectivity index (χ0) is 9.97. The fourth-order valence-electron chi connectivity index (χ4n) is 1.15. The number of nitrogens with zero attached hydrogens (tertiary/aromatic N) is 3. The Morgan fingerprint density at radius 3 is 2.86 bits per heavy atom. The van der Waals surface area contributed by atoms with Gasteiger partial charge in [0.25, 0.3) is 0 Å². The smallest absolute Gasteiger partial charge is 0.155 e. The lowest BCUT2D eigenvalue weighted by Crippen LogP contribution is -1.78. The van der Waals surface area contributed by atoms with E-state index in [2.05, 4.69) is 26.9 Å². The highest BCUT2D eigenvalue weighted by Gasteiger charge is 2.05. The molecule has 4 nitrogen and oxygen atoms in total. The SMILES string of the molecule is C=Nc1[nH]ncc1-c1ccc(Cl)nc1. The summed E-state index contributed by atoms with van der Waals surface area (Å²) in [6, 6.07) is 3.58. The Kier molecular flexibility index (Phi) is 2.28. The Morgan fingerprint density at radius 2 is 2.21 bits per heavy atom. The van der Waals surface area contributed by atoms with Gasteiger partial charge in [-0.05, 0) is 18.9 Å². The van der Waals surface area contributed by atoms with Crippen LogP contribution in [0.1, 0.15) is 0 Å². The van der Waals surface area contributed by atoms with Crippen molar-refractivity contribution in [2.75, 3.05) is 0 Å². The van der Waals surface area contributed by atoms with Gasteiger partial charge in [0, 0.05) is 17.3 Å². The number of aromatic amines is 1. The first-order valence-electron chi connectivity index (χ1n) is 3.93. The highest BCUT2D eigenvalue weighted by molar-refractivity contribution is 6.29. The minimum atomic E-state index is 0.463. The number of H-pyrrole nitrogens is 1. The van der Waals surface area contributed by atoms with Crippen LogP contribution in [0.25, 0.3) is 11.1 Å². The molecule has 0 saturated carbocycles. The van der Waals surface area contributed by atoms with Gasteiger partial charge in [0.05, 0.1) is 6.20 Å². The van der Waals surface area contributed by atoms with Crippen molar-refractivity contribution >= 4 is 24.1 Å². The summed E-state index contributed by atoms with van der Waals surface area (Å²) in [6.45, 7) is 3.44. The Balaban J connectivity index is 2.49. The van der Waals surface area contributed by atoms with E-state index in [9.17, 15) is 0 Å². The Hall–Kier alpha value is -1.68. The van der Waals surface area contributed by atoms with Gasteiger partial charge < -0.3 is 0 Å². The molecule has 0 radical (unpaired) electrons. The van der Waals surface area contributed by atoms with Gasteiger partial charge >= 0.3 is 0 Å². The number of pyridine rings is 1. The van der Waals surface area contributed by atoms with Crippen LogP contribution in [0.4, 0.5) is 5.82 Å². The van der Waals surface area contributed by atoms with Gasteiger partial charge in [-0.1, -0.05) is 11.6 Å². The molecule has 0 atom stereocenters. The Morgan fingerprint density at radius 1 is 1.36 bits per heavy atom. The van der Waals surface area contributed by atoms with Gasteiger partial charge in [0.2, 0.25) is 0 Å². The molecular formula is C9H7ClN4. The fraction of sp³-hybridized carbons (Fsp3) is 0. The first-order chi connectivity index (χ1) is 6.81. The Labute approximate surface area is 85.7 Å². The van der Waals surface area contributed by atoms with Crippen molar-refractivity contribution in [3.63, 3.8) is 0 Å². The average molecular weight is 207 g/mol. The highest BCUT2D eigenvalue weighted by Crippen LogP contribution is 2.27.